The van der Waals surface area contributed by atoms with Crippen molar-refractivity contribution >= 4 is 11.5 Å². The quantitative estimate of drug-likeness (QED) is 0.656. The zero-order valence-electron chi connectivity index (χ0n) is 11.8. The third kappa shape index (κ3) is 2.90. The molecule has 1 heterocycles. The molecule has 20 heavy (non-hydrogen) atoms. The molecule has 0 aliphatic carbocycles. The molecule has 0 radical (unpaired) electrons. The fourth-order valence-electron chi connectivity index (χ4n) is 2.49. The van der Waals surface area contributed by atoms with Crippen molar-refractivity contribution < 1.29 is 8.78 Å². The molecule has 1 aliphatic rings. The minimum absolute atomic E-state index is 0.0154. The van der Waals surface area contributed by atoms with E-state index in [9.17, 15) is 8.78 Å². The lowest BCUT2D eigenvalue weighted by molar-refractivity contribution is 0.208. The molecular formula is C14H20F2N4. The molecule has 1 fully saturated rings. The molecule has 2 rings (SSSR count). The van der Waals surface area contributed by atoms with Crippen LogP contribution >= 0.6 is 0 Å². The summed E-state index contributed by atoms with van der Waals surface area (Å²) in [6.45, 7) is 6.96. The van der Waals surface area contributed by atoms with Crippen LogP contribution in [0.5, 0.6) is 0 Å². The maximum Gasteiger partial charge on any atom is 0.150 e. The number of anilines is 1. The lowest BCUT2D eigenvalue weighted by atomic mass is 10.1. The minimum atomic E-state index is -0.659. The van der Waals surface area contributed by atoms with Gasteiger partial charge >= 0.3 is 0 Å². The maximum atomic E-state index is 14.1. The van der Waals surface area contributed by atoms with Gasteiger partial charge in [0, 0.05) is 37.8 Å². The van der Waals surface area contributed by atoms with Gasteiger partial charge in [-0.3, -0.25) is 10.3 Å². The molecule has 0 spiro atoms. The van der Waals surface area contributed by atoms with Crippen molar-refractivity contribution in [1.29, 1.82) is 5.41 Å². The summed E-state index contributed by atoms with van der Waals surface area (Å²) in [5, 5.41) is 7.24. The van der Waals surface area contributed by atoms with E-state index in [2.05, 4.69) is 18.7 Å². The molecule has 110 valence electrons. The van der Waals surface area contributed by atoms with Gasteiger partial charge < -0.3 is 10.6 Å². The first kappa shape index (κ1) is 14.7. The first-order chi connectivity index (χ1) is 9.40. The molecular weight excluding hydrogens is 262 g/mol. The minimum Gasteiger partial charge on any atom is -0.384 e. The van der Waals surface area contributed by atoms with Gasteiger partial charge in [-0.25, -0.2) is 8.78 Å². The predicted octanol–water partition coefficient (Wildman–Crippen LogP) is 1.78. The van der Waals surface area contributed by atoms with Gasteiger partial charge in [0.15, 0.2) is 0 Å². The summed E-state index contributed by atoms with van der Waals surface area (Å²) >= 11 is 0. The number of rotatable bonds is 3. The van der Waals surface area contributed by atoms with E-state index in [1.807, 2.05) is 0 Å². The fraction of sp³-hybridized carbons (Fsp3) is 0.500. The molecule has 0 atom stereocenters. The first-order valence-electron chi connectivity index (χ1n) is 6.72. The molecule has 1 aromatic carbocycles. The van der Waals surface area contributed by atoms with E-state index in [1.54, 1.807) is 4.90 Å². The summed E-state index contributed by atoms with van der Waals surface area (Å²) in [5.74, 6) is -1.65. The average Bonchev–Trinajstić information content (AvgIpc) is 2.38. The van der Waals surface area contributed by atoms with Gasteiger partial charge in [0.2, 0.25) is 0 Å². The maximum absolute atomic E-state index is 14.1. The summed E-state index contributed by atoms with van der Waals surface area (Å²) in [7, 11) is 0. The number of hydrogen-bond donors (Lipinski definition) is 2. The molecule has 0 aromatic heterocycles. The summed E-state index contributed by atoms with van der Waals surface area (Å²) in [6.07, 6.45) is 0. The van der Waals surface area contributed by atoms with Crippen LogP contribution < -0.4 is 10.6 Å². The number of nitrogens with zero attached hydrogens (tertiary/aromatic N) is 2. The van der Waals surface area contributed by atoms with E-state index in [1.165, 1.54) is 0 Å². The Morgan fingerprint density at radius 3 is 2.05 bits per heavy atom. The van der Waals surface area contributed by atoms with Crippen LogP contribution in [0.4, 0.5) is 14.5 Å². The molecule has 4 nitrogen and oxygen atoms in total. The SMILES string of the molecule is CC(C)N1CCN(c2c(F)cc(C(=N)N)cc2F)CC1. The van der Waals surface area contributed by atoms with Crippen molar-refractivity contribution in [1.82, 2.24) is 4.90 Å². The van der Waals surface area contributed by atoms with E-state index in [0.717, 1.165) is 25.2 Å². The number of nitrogens with one attached hydrogen (secondary N) is 1. The number of halogens is 2. The predicted molar refractivity (Wildman–Crippen MR) is 76.3 cm³/mol. The molecule has 3 N–H and O–H groups in total. The highest BCUT2D eigenvalue weighted by atomic mass is 19.1. The second-order valence-corrected chi connectivity index (χ2v) is 5.32. The molecule has 0 bridgehead atoms. The molecule has 0 unspecified atom stereocenters. The molecule has 0 saturated carbocycles. The van der Waals surface area contributed by atoms with E-state index in [4.69, 9.17) is 11.1 Å². The monoisotopic (exact) mass is 282 g/mol. The molecule has 1 aliphatic heterocycles. The van der Waals surface area contributed by atoms with Crippen molar-refractivity contribution in [2.75, 3.05) is 31.1 Å². The van der Waals surface area contributed by atoms with E-state index < -0.39 is 11.6 Å². The number of benzene rings is 1. The normalized spacial score (nSPS) is 16.8. The van der Waals surface area contributed by atoms with Crippen molar-refractivity contribution in [3.63, 3.8) is 0 Å². The average molecular weight is 282 g/mol. The van der Waals surface area contributed by atoms with Gasteiger partial charge in [-0.05, 0) is 26.0 Å². The third-order valence-electron chi connectivity index (χ3n) is 3.69. The van der Waals surface area contributed by atoms with Gasteiger partial charge in [0.1, 0.15) is 23.2 Å². The number of amidine groups is 1. The summed E-state index contributed by atoms with van der Waals surface area (Å²) in [4.78, 5) is 3.99. The summed E-state index contributed by atoms with van der Waals surface area (Å²) in [6, 6.07) is 2.68. The Kier molecular flexibility index (Phi) is 4.23. The Balaban J connectivity index is 2.20. The van der Waals surface area contributed by atoms with Gasteiger partial charge in [-0.1, -0.05) is 0 Å². The highest BCUT2D eigenvalue weighted by Gasteiger charge is 2.24. The molecule has 6 heteroatoms. The smallest absolute Gasteiger partial charge is 0.150 e. The Bertz CT molecular complexity index is 485. The summed E-state index contributed by atoms with van der Waals surface area (Å²) < 4.78 is 28.1. The topological polar surface area (TPSA) is 56.4 Å². The molecule has 0 amide bonds. The lowest BCUT2D eigenvalue weighted by Gasteiger charge is -2.38. The van der Waals surface area contributed by atoms with Crippen molar-refractivity contribution in [3.8, 4) is 0 Å². The van der Waals surface area contributed by atoms with Crippen molar-refractivity contribution in [2.24, 2.45) is 5.73 Å². The number of piperazine rings is 1. The number of nitrogen functional groups attached to an aromatic ring is 1. The van der Waals surface area contributed by atoms with Gasteiger partial charge in [0.25, 0.3) is 0 Å². The molecule has 1 saturated heterocycles. The van der Waals surface area contributed by atoms with E-state index >= 15 is 0 Å². The Morgan fingerprint density at radius 2 is 1.65 bits per heavy atom. The second kappa shape index (κ2) is 5.75. The van der Waals surface area contributed by atoms with E-state index in [-0.39, 0.29) is 17.1 Å². The zero-order chi connectivity index (χ0) is 14.9. The van der Waals surface area contributed by atoms with Crippen LogP contribution in [0.25, 0.3) is 0 Å². The Labute approximate surface area is 117 Å². The van der Waals surface area contributed by atoms with Gasteiger partial charge in [0.05, 0.1) is 0 Å². The number of nitrogens with two attached hydrogens (primary N) is 1. The standard InChI is InChI=1S/C14H20F2N4/c1-9(2)19-3-5-20(6-4-19)13-11(15)7-10(14(17)18)8-12(13)16/h7-9H,3-6H2,1-2H3,(H3,17,18). The van der Waals surface area contributed by atoms with Crippen LogP contribution in [-0.2, 0) is 0 Å². The lowest BCUT2D eigenvalue weighted by Crippen LogP contribution is -2.49. The highest BCUT2D eigenvalue weighted by Crippen LogP contribution is 2.26. The van der Waals surface area contributed by atoms with Crippen molar-refractivity contribution in [2.45, 2.75) is 19.9 Å². The highest BCUT2D eigenvalue weighted by molar-refractivity contribution is 5.95. The van der Waals surface area contributed by atoms with Crippen LogP contribution in [0.15, 0.2) is 12.1 Å². The fourth-order valence-corrected chi connectivity index (χ4v) is 2.49. The Morgan fingerprint density at radius 1 is 1.15 bits per heavy atom. The number of hydrogen-bond acceptors (Lipinski definition) is 3. The van der Waals surface area contributed by atoms with Gasteiger partial charge in [-0.15, -0.1) is 0 Å². The van der Waals surface area contributed by atoms with Crippen molar-refractivity contribution in [3.05, 3.63) is 29.3 Å². The summed E-state index contributed by atoms with van der Waals surface area (Å²) in [5.41, 5.74) is 5.32. The first-order valence-corrected chi connectivity index (χ1v) is 6.72. The Hall–Kier alpha value is -1.69. The van der Waals surface area contributed by atoms with Crippen LogP contribution in [0.2, 0.25) is 0 Å². The van der Waals surface area contributed by atoms with Crippen LogP contribution in [0, 0.1) is 17.0 Å². The van der Waals surface area contributed by atoms with Crippen LogP contribution in [0.3, 0.4) is 0 Å². The molecule has 1 aromatic rings. The van der Waals surface area contributed by atoms with Crippen LogP contribution in [0.1, 0.15) is 19.4 Å². The van der Waals surface area contributed by atoms with E-state index in [0.29, 0.717) is 19.1 Å². The van der Waals surface area contributed by atoms with Gasteiger partial charge in [-0.2, -0.15) is 0 Å². The zero-order valence-corrected chi connectivity index (χ0v) is 11.8. The third-order valence-corrected chi connectivity index (χ3v) is 3.69. The van der Waals surface area contributed by atoms with Crippen LogP contribution in [-0.4, -0.2) is 43.0 Å². The largest absolute Gasteiger partial charge is 0.384 e. The second-order valence-electron chi connectivity index (χ2n) is 5.32.